The highest BCUT2D eigenvalue weighted by Crippen LogP contribution is 2.44. The number of ether oxygens (including phenoxy) is 2. The van der Waals surface area contributed by atoms with Crippen molar-refractivity contribution in [1.29, 1.82) is 0 Å². The molecule has 1 aliphatic carbocycles. The minimum Gasteiger partial charge on any atom is -0.469 e. The lowest BCUT2D eigenvalue weighted by Crippen LogP contribution is -2.46. The van der Waals surface area contributed by atoms with Crippen LogP contribution < -0.4 is 15.0 Å². The Morgan fingerprint density at radius 2 is 1.82 bits per heavy atom. The molecular weight excluding hydrogens is 607 g/mol. The number of rotatable bonds is 12. The van der Waals surface area contributed by atoms with Crippen molar-refractivity contribution in [3.63, 3.8) is 0 Å². The molecule has 0 radical (unpaired) electrons. The van der Waals surface area contributed by atoms with E-state index in [4.69, 9.17) is 9.72 Å². The van der Waals surface area contributed by atoms with Crippen LogP contribution in [0.5, 0.6) is 5.75 Å². The van der Waals surface area contributed by atoms with Crippen molar-refractivity contribution in [2.75, 3.05) is 50.1 Å². The largest absolute Gasteiger partial charge is 0.573 e. The average Bonchev–Trinajstić information content (AvgIpc) is 3.66. The van der Waals surface area contributed by atoms with Gasteiger partial charge >= 0.3 is 12.3 Å². The molecule has 1 N–H and O–H groups in total. The molecular formula is C31H36F3N7O3S. The summed E-state index contributed by atoms with van der Waals surface area (Å²) in [5, 5.41) is 13.8. The summed E-state index contributed by atoms with van der Waals surface area (Å²) in [5.74, 6) is 0.243. The normalized spacial score (nSPS) is 15.9. The second-order valence-electron chi connectivity index (χ2n) is 11.3. The van der Waals surface area contributed by atoms with E-state index in [1.54, 1.807) is 12.1 Å². The van der Waals surface area contributed by atoms with Crippen LogP contribution in [0.2, 0.25) is 0 Å². The van der Waals surface area contributed by atoms with Crippen molar-refractivity contribution >= 4 is 44.8 Å². The number of halogens is 3. The lowest BCUT2D eigenvalue weighted by Gasteiger charge is -2.36. The van der Waals surface area contributed by atoms with Crippen molar-refractivity contribution in [1.82, 2.24) is 24.6 Å². The summed E-state index contributed by atoms with van der Waals surface area (Å²) < 4.78 is 49.3. The number of alkyl halides is 3. The van der Waals surface area contributed by atoms with Gasteiger partial charge in [0.2, 0.25) is 5.13 Å². The maximum atomic E-state index is 12.7. The fraction of sp³-hybridized carbons (Fsp3) is 0.484. The average molecular weight is 644 g/mol. The van der Waals surface area contributed by atoms with Crippen molar-refractivity contribution in [3.05, 3.63) is 41.4 Å². The van der Waals surface area contributed by atoms with Crippen LogP contribution in [-0.4, -0.2) is 76.8 Å². The highest BCUT2D eigenvalue weighted by molar-refractivity contribution is 7.15. The smallest absolute Gasteiger partial charge is 0.469 e. The Labute approximate surface area is 263 Å². The van der Waals surface area contributed by atoms with Crippen LogP contribution in [0.1, 0.15) is 50.1 Å². The number of aromatic nitrogens is 4. The lowest BCUT2D eigenvalue weighted by molar-refractivity contribution is -0.274. The number of esters is 1. The SMILES string of the molecule is CCN1CCN(c2cc3c(cc2Nc2nnc(CCCCC(=O)OC)s2)nc(-c2ccc(OC(F)(F)F)cc2)n3C2CC2)CC1. The molecule has 2 aromatic heterocycles. The number of imidazole rings is 1. The quantitative estimate of drug-likeness (QED) is 0.136. The number of piperazine rings is 1. The predicted molar refractivity (Wildman–Crippen MR) is 167 cm³/mol. The number of carbonyl (C=O) groups is 1. The first kappa shape index (κ1) is 31.1. The summed E-state index contributed by atoms with van der Waals surface area (Å²) in [6.07, 6.45) is -0.0592. The highest BCUT2D eigenvalue weighted by atomic mass is 32.1. The molecule has 1 saturated carbocycles. The fourth-order valence-electron chi connectivity index (χ4n) is 5.68. The van der Waals surface area contributed by atoms with Crippen LogP contribution in [0.4, 0.5) is 29.7 Å². The molecule has 6 rings (SSSR count). The van der Waals surface area contributed by atoms with E-state index in [0.29, 0.717) is 11.6 Å². The molecule has 0 amide bonds. The van der Waals surface area contributed by atoms with E-state index in [9.17, 15) is 18.0 Å². The van der Waals surface area contributed by atoms with E-state index < -0.39 is 6.36 Å². The molecule has 2 aliphatic rings. The lowest BCUT2D eigenvalue weighted by atomic mass is 10.2. The van der Waals surface area contributed by atoms with Gasteiger partial charge in [0.05, 0.1) is 29.5 Å². The Morgan fingerprint density at radius 1 is 1.07 bits per heavy atom. The van der Waals surface area contributed by atoms with Gasteiger partial charge in [-0.2, -0.15) is 0 Å². The second kappa shape index (κ2) is 13.2. The molecule has 3 heterocycles. The van der Waals surface area contributed by atoms with Gasteiger partial charge in [-0.25, -0.2) is 4.98 Å². The van der Waals surface area contributed by atoms with Gasteiger partial charge in [0.25, 0.3) is 0 Å². The summed E-state index contributed by atoms with van der Waals surface area (Å²) in [7, 11) is 1.39. The number of nitrogens with zero attached hydrogens (tertiary/aromatic N) is 6. The summed E-state index contributed by atoms with van der Waals surface area (Å²) in [4.78, 5) is 21.2. The Kier molecular flexibility index (Phi) is 9.13. The van der Waals surface area contributed by atoms with Crippen LogP contribution >= 0.6 is 11.3 Å². The van der Waals surface area contributed by atoms with Crippen LogP contribution in [-0.2, 0) is 16.0 Å². The number of anilines is 3. The first-order valence-electron chi connectivity index (χ1n) is 15.3. The molecule has 1 aliphatic heterocycles. The van der Waals surface area contributed by atoms with Gasteiger partial charge in [0.1, 0.15) is 16.6 Å². The topological polar surface area (TPSA) is 97.6 Å². The minimum absolute atomic E-state index is 0.211. The van der Waals surface area contributed by atoms with Crippen LogP contribution in [0.15, 0.2) is 36.4 Å². The molecule has 0 spiro atoms. The van der Waals surface area contributed by atoms with Crippen molar-refractivity contribution in [2.45, 2.75) is 57.9 Å². The second-order valence-corrected chi connectivity index (χ2v) is 12.4. The summed E-state index contributed by atoms with van der Waals surface area (Å²) in [5.41, 5.74) is 4.43. The molecule has 240 valence electrons. The maximum Gasteiger partial charge on any atom is 0.573 e. The number of aryl methyl sites for hydroxylation is 1. The molecule has 0 bridgehead atoms. The first-order chi connectivity index (χ1) is 21.7. The van der Waals surface area contributed by atoms with Gasteiger partial charge in [0.15, 0.2) is 0 Å². The number of hydrogen-bond donors (Lipinski definition) is 1. The van der Waals surface area contributed by atoms with Crippen LogP contribution in [0.25, 0.3) is 22.4 Å². The highest BCUT2D eigenvalue weighted by Gasteiger charge is 2.32. The van der Waals surface area contributed by atoms with Gasteiger partial charge < -0.3 is 29.2 Å². The molecule has 1 saturated heterocycles. The molecule has 0 unspecified atom stereocenters. The summed E-state index contributed by atoms with van der Waals surface area (Å²) in [6, 6.07) is 10.4. The zero-order chi connectivity index (χ0) is 31.6. The van der Waals surface area contributed by atoms with Gasteiger partial charge in [0, 0.05) is 50.6 Å². The first-order valence-corrected chi connectivity index (χ1v) is 16.1. The van der Waals surface area contributed by atoms with E-state index >= 15 is 0 Å². The third-order valence-corrected chi connectivity index (χ3v) is 9.08. The number of likely N-dealkylation sites (N-methyl/N-ethyl adjacent to an activating group) is 1. The number of nitrogens with one attached hydrogen (secondary N) is 1. The zero-order valence-electron chi connectivity index (χ0n) is 25.3. The summed E-state index contributed by atoms with van der Waals surface area (Å²) in [6.45, 7) is 6.86. The molecule has 10 nitrogen and oxygen atoms in total. The number of methoxy groups -OCH3 is 1. The van der Waals surface area contributed by atoms with Gasteiger partial charge in [-0.15, -0.1) is 23.4 Å². The van der Waals surface area contributed by atoms with Crippen molar-refractivity contribution in [2.24, 2.45) is 0 Å². The third-order valence-electron chi connectivity index (χ3n) is 8.18. The van der Waals surface area contributed by atoms with Crippen LogP contribution in [0, 0.1) is 0 Å². The van der Waals surface area contributed by atoms with Crippen molar-refractivity contribution < 1.29 is 27.4 Å². The Hall–Kier alpha value is -3.91. The number of hydrogen-bond acceptors (Lipinski definition) is 10. The molecule has 45 heavy (non-hydrogen) atoms. The molecule has 2 aromatic carbocycles. The third kappa shape index (κ3) is 7.50. The molecule has 14 heteroatoms. The van der Waals surface area contributed by atoms with E-state index in [1.165, 1.54) is 30.6 Å². The molecule has 2 fully saturated rings. The zero-order valence-corrected chi connectivity index (χ0v) is 26.1. The maximum absolute atomic E-state index is 12.7. The van der Waals surface area contributed by atoms with E-state index in [0.717, 1.165) is 104 Å². The van der Waals surface area contributed by atoms with E-state index in [-0.39, 0.29) is 17.8 Å². The number of fused-ring (bicyclic) bond motifs is 1. The number of unbranched alkanes of at least 4 members (excludes halogenated alkanes) is 1. The summed E-state index contributed by atoms with van der Waals surface area (Å²) >= 11 is 1.49. The van der Waals surface area contributed by atoms with Gasteiger partial charge in [-0.1, -0.05) is 18.3 Å². The van der Waals surface area contributed by atoms with Gasteiger partial charge in [-0.3, -0.25) is 4.79 Å². The Balaban J connectivity index is 1.31. The Morgan fingerprint density at radius 3 is 2.49 bits per heavy atom. The molecule has 0 atom stereocenters. The van der Waals surface area contributed by atoms with Gasteiger partial charge in [-0.05, 0) is 68.6 Å². The predicted octanol–water partition coefficient (Wildman–Crippen LogP) is 6.56. The Bertz CT molecular complexity index is 1630. The van der Waals surface area contributed by atoms with Crippen LogP contribution in [0.3, 0.4) is 0 Å². The number of carbonyl (C=O) groups excluding carboxylic acids is 1. The van der Waals surface area contributed by atoms with E-state index in [2.05, 4.69) is 47.6 Å². The van der Waals surface area contributed by atoms with Crippen molar-refractivity contribution in [3.8, 4) is 17.1 Å². The molecule has 4 aromatic rings. The number of benzene rings is 2. The fourth-order valence-corrected chi connectivity index (χ4v) is 6.47. The minimum atomic E-state index is -4.75. The monoisotopic (exact) mass is 643 g/mol. The standard InChI is InChI=1S/C31H36F3N7O3S/c1-3-39-14-16-40(17-15-39)25-19-26-24(18-23(25)36-30-38-37-27(45-30)6-4-5-7-28(42)43-2)35-29(41(26)21-10-11-21)20-8-12-22(13-9-20)44-31(32,33)34/h8-9,12-13,18-19,21H,3-7,10-11,14-17H2,1-2H3,(H,36,38). The van der Waals surface area contributed by atoms with E-state index in [1.807, 2.05) is 6.07 Å².